The van der Waals surface area contributed by atoms with Gasteiger partial charge >= 0.3 is 0 Å². The number of hydrogen-bond donors (Lipinski definition) is 1. The van der Waals surface area contributed by atoms with Gasteiger partial charge in [-0.3, -0.25) is 4.90 Å². The predicted molar refractivity (Wildman–Crippen MR) is 86.1 cm³/mol. The Bertz CT molecular complexity index is 258. The third-order valence-corrected chi connectivity index (χ3v) is 4.50. The molecule has 1 aliphatic rings. The number of nitrogens with zero attached hydrogens (tertiary/aromatic N) is 2. The van der Waals surface area contributed by atoms with Gasteiger partial charge in [-0.25, -0.2) is 0 Å². The second-order valence-electron chi connectivity index (χ2n) is 6.45. The molecule has 0 spiro atoms. The number of likely N-dealkylation sites (N-methyl/N-ethyl adjacent to an activating group) is 1. The van der Waals surface area contributed by atoms with Crippen LogP contribution < -0.4 is 5.73 Å². The van der Waals surface area contributed by atoms with E-state index in [4.69, 9.17) is 10.5 Å². The Hall–Kier alpha value is -0.160. The van der Waals surface area contributed by atoms with Gasteiger partial charge in [0, 0.05) is 31.8 Å². The van der Waals surface area contributed by atoms with Crippen LogP contribution in [0.25, 0.3) is 0 Å². The van der Waals surface area contributed by atoms with Crippen molar-refractivity contribution in [1.29, 1.82) is 0 Å². The van der Waals surface area contributed by atoms with E-state index in [0.717, 1.165) is 52.0 Å². The summed E-state index contributed by atoms with van der Waals surface area (Å²) in [4.78, 5) is 4.90. The first-order chi connectivity index (χ1) is 9.57. The molecule has 120 valence electrons. The molecule has 1 rings (SSSR count). The van der Waals surface area contributed by atoms with Crippen LogP contribution in [0, 0.1) is 0 Å². The zero-order valence-electron chi connectivity index (χ0n) is 14.0. The second-order valence-corrected chi connectivity index (χ2v) is 6.45. The number of nitrogens with two attached hydrogens (primary N) is 1. The van der Waals surface area contributed by atoms with Crippen LogP contribution in [0.15, 0.2) is 0 Å². The molecule has 4 nitrogen and oxygen atoms in total. The molecule has 2 N–H and O–H groups in total. The van der Waals surface area contributed by atoms with Crippen LogP contribution in [0.3, 0.4) is 0 Å². The summed E-state index contributed by atoms with van der Waals surface area (Å²) in [6.45, 7) is 9.46. The average Bonchev–Trinajstić information content (AvgIpc) is 2.43. The van der Waals surface area contributed by atoms with Crippen LogP contribution in [-0.2, 0) is 4.74 Å². The van der Waals surface area contributed by atoms with Gasteiger partial charge in [0.1, 0.15) is 0 Å². The zero-order chi connectivity index (χ0) is 15.0. The molecule has 0 aromatic rings. The van der Waals surface area contributed by atoms with E-state index in [-0.39, 0.29) is 5.54 Å². The molecule has 1 saturated heterocycles. The lowest BCUT2D eigenvalue weighted by Crippen LogP contribution is -2.59. The van der Waals surface area contributed by atoms with Crippen molar-refractivity contribution in [3.05, 3.63) is 0 Å². The second kappa shape index (κ2) is 8.98. The molecule has 0 aromatic heterocycles. The van der Waals surface area contributed by atoms with Gasteiger partial charge in [-0.2, -0.15) is 0 Å². The Morgan fingerprint density at radius 2 is 1.90 bits per heavy atom. The summed E-state index contributed by atoms with van der Waals surface area (Å²) in [6.07, 6.45) is 6.12. The third kappa shape index (κ3) is 4.99. The Balaban J connectivity index is 2.74. The van der Waals surface area contributed by atoms with Crippen molar-refractivity contribution >= 4 is 0 Å². The largest absolute Gasteiger partial charge is 0.378 e. The normalized spacial score (nSPS) is 27.4. The topological polar surface area (TPSA) is 41.7 Å². The van der Waals surface area contributed by atoms with Crippen LogP contribution in [0.4, 0.5) is 0 Å². The van der Waals surface area contributed by atoms with Crippen LogP contribution in [0.5, 0.6) is 0 Å². The highest BCUT2D eigenvalue weighted by molar-refractivity contribution is 4.96. The molecule has 0 amide bonds. The fraction of sp³-hybridized carbons (Fsp3) is 1.00. The fourth-order valence-electron chi connectivity index (χ4n) is 3.29. The average molecular weight is 285 g/mol. The minimum absolute atomic E-state index is 0.157. The van der Waals surface area contributed by atoms with E-state index in [1.165, 1.54) is 12.8 Å². The third-order valence-electron chi connectivity index (χ3n) is 4.50. The molecule has 0 radical (unpaired) electrons. The lowest BCUT2D eigenvalue weighted by molar-refractivity contribution is -0.0748. The lowest BCUT2D eigenvalue weighted by atomic mass is 9.83. The van der Waals surface area contributed by atoms with E-state index in [2.05, 4.69) is 37.7 Å². The van der Waals surface area contributed by atoms with E-state index >= 15 is 0 Å². The lowest BCUT2D eigenvalue weighted by Gasteiger charge is -2.48. The summed E-state index contributed by atoms with van der Waals surface area (Å²) < 4.78 is 5.94. The monoisotopic (exact) mass is 285 g/mol. The Kier molecular flexibility index (Phi) is 8.03. The highest BCUT2D eigenvalue weighted by atomic mass is 16.5. The zero-order valence-corrected chi connectivity index (χ0v) is 14.0. The maximum absolute atomic E-state index is 6.22. The molecule has 0 aromatic carbocycles. The number of hydrogen-bond acceptors (Lipinski definition) is 4. The van der Waals surface area contributed by atoms with Gasteiger partial charge in [0.15, 0.2) is 0 Å². The van der Waals surface area contributed by atoms with Crippen molar-refractivity contribution in [2.75, 3.05) is 46.9 Å². The molecule has 2 atom stereocenters. The fourth-order valence-corrected chi connectivity index (χ4v) is 3.29. The minimum Gasteiger partial charge on any atom is -0.378 e. The van der Waals surface area contributed by atoms with E-state index in [9.17, 15) is 0 Å². The quantitative estimate of drug-likeness (QED) is 0.703. The molecule has 0 bridgehead atoms. The van der Waals surface area contributed by atoms with Crippen LogP contribution >= 0.6 is 0 Å². The molecular weight excluding hydrogens is 250 g/mol. The summed E-state index contributed by atoms with van der Waals surface area (Å²) in [5, 5.41) is 0. The highest BCUT2D eigenvalue weighted by Gasteiger charge is 2.40. The standard InChI is InChI=1S/C16H35N3O/c1-5-7-15-13-16(14-17,8-12-20-15)19(9-6-2)11-10-18(3)4/h15H,5-14,17H2,1-4H3. The number of ether oxygens (including phenoxy) is 1. The first-order valence-electron chi connectivity index (χ1n) is 8.29. The van der Waals surface area contributed by atoms with Gasteiger partial charge in [-0.15, -0.1) is 0 Å². The molecule has 2 unspecified atom stereocenters. The minimum atomic E-state index is 0.157. The molecule has 1 heterocycles. The van der Waals surface area contributed by atoms with Gasteiger partial charge in [0.2, 0.25) is 0 Å². The Morgan fingerprint density at radius 1 is 1.15 bits per heavy atom. The molecule has 0 aliphatic carbocycles. The van der Waals surface area contributed by atoms with E-state index < -0.39 is 0 Å². The van der Waals surface area contributed by atoms with E-state index in [0.29, 0.717) is 6.10 Å². The molecule has 1 aliphatic heterocycles. The highest BCUT2D eigenvalue weighted by Crippen LogP contribution is 2.32. The van der Waals surface area contributed by atoms with Crippen molar-refractivity contribution in [1.82, 2.24) is 9.80 Å². The summed E-state index contributed by atoms with van der Waals surface area (Å²) in [6, 6.07) is 0. The van der Waals surface area contributed by atoms with E-state index in [1.807, 2.05) is 0 Å². The molecule has 1 fully saturated rings. The van der Waals surface area contributed by atoms with Gasteiger partial charge < -0.3 is 15.4 Å². The first-order valence-corrected chi connectivity index (χ1v) is 8.29. The van der Waals surface area contributed by atoms with Gasteiger partial charge in [0.05, 0.1) is 6.10 Å². The van der Waals surface area contributed by atoms with Crippen molar-refractivity contribution in [3.8, 4) is 0 Å². The molecule has 4 heteroatoms. The molecule has 20 heavy (non-hydrogen) atoms. The summed E-state index contributed by atoms with van der Waals surface area (Å²) in [7, 11) is 4.28. The maximum atomic E-state index is 6.22. The van der Waals surface area contributed by atoms with Gasteiger partial charge in [-0.1, -0.05) is 20.3 Å². The Morgan fingerprint density at radius 3 is 2.45 bits per heavy atom. The van der Waals surface area contributed by atoms with Crippen LogP contribution in [0.2, 0.25) is 0 Å². The van der Waals surface area contributed by atoms with Gasteiger partial charge in [0.25, 0.3) is 0 Å². The first kappa shape index (κ1) is 17.9. The van der Waals surface area contributed by atoms with Crippen LogP contribution in [0.1, 0.15) is 46.0 Å². The van der Waals surface area contributed by atoms with Crippen molar-refractivity contribution < 1.29 is 4.74 Å². The van der Waals surface area contributed by atoms with E-state index in [1.54, 1.807) is 0 Å². The summed E-state index contributed by atoms with van der Waals surface area (Å²) in [5.74, 6) is 0. The predicted octanol–water partition coefficient (Wildman–Crippen LogP) is 1.94. The maximum Gasteiger partial charge on any atom is 0.0593 e. The summed E-state index contributed by atoms with van der Waals surface area (Å²) in [5.41, 5.74) is 6.38. The smallest absolute Gasteiger partial charge is 0.0593 e. The van der Waals surface area contributed by atoms with Crippen molar-refractivity contribution in [2.24, 2.45) is 5.73 Å². The molecular formula is C16H35N3O. The number of rotatable bonds is 9. The SMILES string of the molecule is CCCC1CC(CN)(N(CCC)CCN(C)C)CCO1. The summed E-state index contributed by atoms with van der Waals surface area (Å²) >= 11 is 0. The van der Waals surface area contributed by atoms with Gasteiger partial charge in [-0.05, 0) is 46.3 Å². The van der Waals surface area contributed by atoms with Crippen molar-refractivity contribution in [3.63, 3.8) is 0 Å². The molecule has 0 saturated carbocycles. The Labute approximate surface area is 125 Å². The van der Waals surface area contributed by atoms with Crippen molar-refractivity contribution in [2.45, 2.75) is 57.6 Å². The van der Waals surface area contributed by atoms with Crippen LogP contribution in [-0.4, -0.2) is 68.3 Å².